The van der Waals surface area contributed by atoms with Gasteiger partial charge >= 0.3 is 0 Å². The van der Waals surface area contributed by atoms with Gasteiger partial charge in [0.1, 0.15) is 10.7 Å². The van der Waals surface area contributed by atoms with E-state index in [2.05, 4.69) is 10.4 Å². The van der Waals surface area contributed by atoms with Crippen LogP contribution in [0.5, 0.6) is 0 Å². The minimum absolute atomic E-state index is 0.0863. The maximum absolute atomic E-state index is 13.0. The highest BCUT2D eigenvalue weighted by atomic mass is 32.1. The highest BCUT2D eigenvalue weighted by Gasteiger charge is 2.33. The zero-order chi connectivity index (χ0) is 21.3. The Kier molecular flexibility index (Phi) is 5.37. The first kappa shape index (κ1) is 19.8. The van der Waals surface area contributed by atoms with Gasteiger partial charge in [0.25, 0.3) is 11.8 Å². The lowest BCUT2D eigenvalue weighted by atomic mass is 10.0. The van der Waals surface area contributed by atoms with Crippen LogP contribution in [0.2, 0.25) is 0 Å². The molecule has 0 fully saturated rings. The zero-order valence-corrected chi connectivity index (χ0v) is 17.6. The van der Waals surface area contributed by atoms with Crippen LogP contribution >= 0.6 is 11.3 Å². The number of primary amides is 1. The number of carbonyl (C=O) groups is 2. The molecule has 30 heavy (non-hydrogen) atoms. The van der Waals surface area contributed by atoms with Gasteiger partial charge in [-0.2, -0.15) is 5.10 Å². The van der Waals surface area contributed by atoms with Crippen LogP contribution in [0.1, 0.15) is 38.8 Å². The van der Waals surface area contributed by atoms with Crippen molar-refractivity contribution in [2.45, 2.75) is 26.3 Å². The van der Waals surface area contributed by atoms with Gasteiger partial charge in [-0.25, -0.2) is 0 Å². The average molecular weight is 419 g/mol. The molecule has 3 aromatic rings. The number of carbonyl (C=O) groups excluding carboxylic acids is 2. The van der Waals surface area contributed by atoms with Crippen molar-refractivity contribution in [1.82, 2.24) is 0 Å². The van der Waals surface area contributed by atoms with Gasteiger partial charge in [-0.1, -0.05) is 48.5 Å². The van der Waals surface area contributed by atoms with Crippen molar-refractivity contribution in [3.63, 3.8) is 0 Å². The molecule has 0 saturated carbocycles. The molecule has 6 nitrogen and oxygen atoms in total. The Morgan fingerprint density at radius 2 is 1.70 bits per heavy atom. The predicted octanol–water partition coefficient (Wildman–Crippen LogP) is 4.41. The topological polar surface area (TPSA) is 87.8 Å². The molecule has 1 aromatic heterocycles. The van der Waals surface area contributed by atoms with Crippen LogP contribution in [-0.4, -0.2) is 17.5 Å². The molecule has 0 radical (unpaired) electrons. The Hall–Kier alpha value is -3.45. The molecule has 1 aliphatic heterocycles. The third-order valence-electron chi connectivity index (χ3n) is 5.24. The molecule has 7 heteroatoms. The van der Waals surface area contributed by atoms with Crippen LogP contribution in [0.15, 0.2) is 65.8 Å². The molecule has 2 heterocycles. The minimum atomic E-state index is -0.548. The highest BCUT2D eigenvalue weighted by molar-refractivity contribution is 7.17. The molecule has 152 valence electrons. The van der Waals surface area contributed by atoms with Crippen molar-refractivity contribution in [2.24, 2.45) is 10.8 Å². The lowest BCUT2D eigenvalue weighted by Gasteiger charge is -2.23. The monoisotopic (exact) mass is 418 g/mol. The van der Waals surface area contributed by atoms with Gasteiger partial charge in [0.2, 0.25) is 0 Å². The maximum atomic E-state index is 13.0. The Balaban J connectivity index is 1.65. The summed E-state index contributed by atoms with van der Waals surface area (Å²) in [4.78, 5) is 25.9. The second-order valence-corrected chi connectivity index (χ2v) is 8.39. The summed E-state index contributed by atoms with van der Waals surface area (Å²) in [6, 6.07) is 19.7. The molecule has 2 aromatic carbocycles. The smallest absolute Gasteiger partial charge is 0.272 e. The van der Waals surface area contributed by atoms with Gasteiger partial charge in [0.05, 0.1) is 17.3 Å². The highest BCUT2D eigenvalue weighted by Crippen LogP contribution is 2.36. The first-order chi connectivity index (χ1) is 14.5. The third-order valence-corrected chi connectivity index (χ3v) is 6.36. The van der Waals surface area contributed by atoms with Gasteiger partial charge in [-0.3, -0.25) is 14.6 Å². The Morgan fingerprint density at radius 3 is 2.33 bits per heavy atom. The number of nitrogens with one attached hydrogen (secondary N) is 1. The quantitative estimate of drug-likeness (QED) is 0.643. The van der Waals surface area contributed by atoms with E-state index in [0.29, 0.717) is 22.7 Å². The molecule has 1 unspecified atom stereocenters. The van der Waals surface area contributed by atoms with Crippen LogP contribution in [0, 0.1) is 13.8 Å². The number of hydrogen-bond acceptors (Lipinski definition) is 5. The summed E-state index contributed by atoms with van der Waals surface area (Å²) < 4.78 is 0. The number of para-hydroxylation sites is 1. The van der Waals surface area contributed by atoms with Crippen LogP contribution in [0.4, 0.5) is 10.7 Å². The van der Waals surface area contributed by atoms with Crippen LogP contribution in [0.25, 0.3) is 0 Å². The molecule has 2 amide bonds. The van der Waals surface area contributed by atoms with E-state index < -0.39 is 5.91 Å². The summed E-state index contributed by atoms with van der Waals surface area (Å²) in [5, 5.41) is 9.85. The fraction of sp³-hybridized carbons (Fsp3) is 0.174. The number of aryl methyl sites for hydroxylation is 1. The van der Waals surface area contributed by atoms with E-state index in [1.807, 2.05) is 79.5 Å². The van der Waals surface area contributed by atoms with Gasteiger partial charge in [0.15, 0.2) is 0 Å². The van der Waals surface area contributed by atoms with Gasteiger partial charge < -0.3 is 11.1 Å². The molecule has 1 aliphatic rings. The number of amides is 2. The second-order valence-electron chi connectivity index (χ2n) is 7.16. The number of nitrogens with zero attached hydrogens (tertiary/aromatic N) is 2. The van der Waals surface area contributed by atoms with E-state index in [9.17, 15) is 9.59 Å². The van der Waals surface area contributed by atoms with E-state index >= 15 is 0 Å². The molecule has 1 atom stereocenters. The second kappa shape index (κ2) is 8.12. The number of rotatable bonds is 5. The molecular weight excluding hydrogens is 396 g/mol. The fourth-order valence-electron chi connectivity index (χ4n) is 3.59. The molecule has 0 saturated heterocycles. The van der Waals surface area contributed by atoms with Crippen molar-refractivity contribution >= 4 is 39.6 Å². The van der Waals surface area contributed by atoms with Crippen LogP contribution in [0.3, 0.4) is 0 Å². The third kappa shape index (κ3) is 3.71. The molecular formula is C23H22N4O2S. The number of nitrogens with two attached hydrogens (primary N) is 1. The van der Waals surface area contributed by atoms with Crippen molar-refractivity contribution in [3.8, 4) is 0 Å². The summed E-state index contributed by atoms with van der Waals surface area (Å²) in [7, 11) is 0. The van der Waals surface area contributed by atoms with Crippen molar-refractivity contribution in [3.05, 3.63) is 82.2 Å². The molecule has 0 spiro atoms. The summed E-state index contributed by atoms with van der Waals surface area (Å²) in [5.41, 5.74) is 9.09. The largest absolute Gasteiger partial charge is 0.365 e. The number of thiophene rings is 1. The van der Waals surface area contributed by atoms with Crippen LogP contribution < -0.4 is 16.1 Å². The summed E-state index contributed by atoms with van der Waals surface area (Å²) in [5.74, 6) is -0.869. The standard InChI is InChI=1S/C23H22N4O2S/c1-14-15(2)30-23(20(14)21(24)28)25-22(29)18-13-19(16-9-5-3-6-10-16)27(26-18)17-11-7-4-8-12-17/h3-12,19H,13H2,1-2H3,(H2,24,28)(H,25,29). The SMILES string of the molecule is Cc1sc(NC(=O)C2=NN(c3ccccc3)C(c3ccccc3)C2)c(C(N)=O)c1C. The van der Waals surface area contributed by atoms with Crippen LogP contribution in [-0.2, 0) is 4.79 Å². The zero-order valence-electron chi connectivity index (χ0n) is 16.8. The van der Waals surface area contributed by atoms with Gasteiger partial charge in [0, 0.05) is 11.3 Å². The lowest BCUT2D eigenvalue weighted by molar-refractivity contribution is -0.110. The first-order valence-electron chi connectivity index (χ1n) is 9.63. The maximum Gasteiger partial charge on any atom is 0.272 e. The van der Waals surface area contributed by atoms with E-state index in [0.717, 1.165) is 21.7 Å². The number of hydrazone groups is 1. The lowest BCUT2D eigenvalue weighted by Crippen LogP contribution is -2.23. The number of anilines is 2. The van der Waals surface area contributed by atoms with Crippen molar-refractivity contribution in [1.29, 1.82) is 0 Å². The Morgan fingerprint density at radius 1 is 1.07 bits per heavy atom. The minimum Gasteiger partial charge on any atom is -0.365 e. The summed E-state index contributed by atoms with van der Waals surface area (Å²) in [6.45, 7) is 3.73. The molecule has 0 aliphatic carbocycles. The molecule has 4 rings (SSSR count). The Bertz CT molecular complexity index is 1120. The summed E-state index contributed by atoms with van der Waals surface area (Å²) in [6.07, 6.45) is 0.458. The number of benzene rings is 2. The Labute approximate surface area is 179 Å². The molecule has 3 N–H and O–H groups in total. The summed E-state index contributed by atoms with van der Waals surface area (Å²) >= 11 is 1.35. The van der Waals surface area contributed by atoms with Crippen molar-refractivity contribution in [2.75, 3.05) is 10.3 Å². The van der Waals surface area contributed by atoms with Gasteiger partial charge in [-0.05, 0) is 37.1 Å². The average Bonchev–Trinajstić information content (AvgIpc) is 3.31. The molecule has 0 bridgehead atoms. The fourth-order valence-corrected chi connectivity index (χ4v) is 4.65. The normalized spacial score (nSPS) is 15.7. The van der Waals surface area contributed by atoms with Gasteiger partial charge in [-0.15, -0.1) is 11.3 Å². The van der Waals surface area contributed by atoms with E-state index in [1.54, 1.807) is 0 Å². The van der Waals surface area contributed by atoms with E-state index in [-0.39, 0.29) is 11.9 Å². The van der Waals surface area contributed by atoms with E-state index in [1.165, 1.54) is 11.3 Å². The van der Waals surface area contributed by atoms with Crippen molar-refractivity contribution < 1.29 is 9.59 Å². The predicted molar refractivity (Wildman–Crippen MR) is 121 cm³/mol. The number of hydrogen-bond donors (Lipinski definition) is 2. The first-order valence-corrected chi connectivity index (χ1v) is 10.4. The van der Waals surface area contributed by atoms with E-state index in [4.69, 9.17) is 5.73 Å².